The topological polar surface area (TPSA) is 53.6 Å². The summed E-state index contributed by atoms with van der Waals surface area (Å²) in [6.45, 7) is 7.14. The van der Waals surface area contributed by atoms with Crippen LogP contribution < -0.4 is 10.6 Å². The van der Waals surface area contributed by atoms with Gasteiger partial charge in [-0.3, -0.25) is 4.79 Å². The standard InChI is InChI=1S/C13H27N3O2/c1-10(2)7-11(8-16(3)4)15-13(17)12-9-18-6-5-14-12/h10-12,14H,5-9H2,1-4H3,(H,15,17). The average molecular weight is 257 g/mol. The summed E-state index contributed by atoms with van der Waals surface area (Å²) in [5.41, 5.74) is 0. The molecule has 0 saturated carbocycles. The van der Waals surface area contributed by atoms with Crippen molar-refractivity contribution in [2.75, 3.05) is 40.4 Å². The summed E-state index contributed by atoms with van der Waals surface area (Å²) in [7, 11) is 4.06. The maximum atomic E-state index is 12.1. The molecule has 5 nitrogen and oxygen atoms in total. The molecule has 1 heterocycles. The van der Waals surface area contributed by atoms with Crippen LogP contribution >= 0.6 is 0 Å². The second kappa shape index (κ2) is 7.71. The number of amides is 1. The molecule has 0 aromatic rings. The molecule has 1 aliphatic heterocycles. The Balaban J connectivity index is 2.44. The normalized spacial score (nSPS) is 22.2. The van der Waals surface area contributed by atoms with Crippen molar-refractivity contribution in [1.82, 2.24) is 15.5 Å². The van der Waals surface area contributed by atoms with Gasteiger partial charge in [0.25, 0.3) is 0 Å². The van der Waals surface area contributed by atoms with Crippen LogP contribution in [0, 0.1) is 5.92 Å². The Bertz CT molecular complexity index is 241. The molecule has 0 aromatic heterocycles. The Morgan fingerprint density at radius 3 is 2.72 bits per heavy atom. The van der Waals surface area contributed by atoms with Crippen LogP contribution in [0.5, 0.6) is 0 Å². The number of morpholine rings is 1. The molecule has 2 atom stereocenters. The minimum absolute atomic E-state index is 0.0576. The molecule has 0 spiro atoms. The Kier molecular flexibility index (Phi) is 6.60. The van der Waals surface area contributed by atoms with E-state index in [9.17, 15) is 4.79 Å². The fourth-order valence-electron chi connectivity index (χ4n) is 2.22. The summed E-state index contributed by atoms with van der Waals surface area (Å²) in [6.07, 6.45) is 0.998. The lowest BCUT2D eigenvalue weighted by Crippen LogP contribution is -2.54. The second-order valence-electron chi connectivity index (χ2n) is 5.68. The maximum absolute atomic E-state index is 12.1. The molecule has 1 aliphatic rings. The number of nitrogens with one attached hydrogen (secondary N) is 2. The van der Waals surface area contributed by atoms with Gasteiger partial charge in [0, 0.05) is 19.1 Å². The highest BCUT2D eigenvalue weighted by Crippen LogP contribution is 2.06. The Hall–Kier alpha value is -0.650. The molecule has 0 aromatic carbocycles. The van der Waals surface area contributed by atoms with E-state index in [1.165, 1.54) is 0 Å². The van der Waals surface area contributed by atoms with Gasteiger partial charge in [-0.05, 0) is 26.4 Å². The van der Waals surface area contributed by atoms with Crippen LogP contribution in [-0.4, -0.2) is 63.3 Å². The van der Waals surface area contributed by atoms with Gasteiger partial charge in [0.1, 0.15) is 6.04 Å². The van der Waals surface area contributed by atoms with E-state index in [4.69, 9.17) is 4.74 Å². The van der Waals surface area contributed by atoms with Crippen LogP contribution in [0.25, 0.3) is 0 Å². The first kappa shape index (κ1) is 15.4. The van der Waals surface area contributed by atoms with E-state index in [1.54, 1.807) is 0 Å². The largest absolute Gasteiger partial charge is 0.378 e. The third-order valence-electron chi connectivity index (χ3n) is 2.93. The average Bonchev–Trinajstić information content (AvgIpc) is 2.28. The first-order valence-electron chi connectivity index (χ1n) is 6.75. The lowest BCUT2D eigenvalue weighted by Gasteiger charge is -2.28. The van der Waals surface area contributed by atoms with Gasteiger partial charge in [-0.15, -0.1) is 0 Å². The number of carbonyl (C=O) groups is 1. The van der Waals surface area contributed by atoms with Crippen molar-refractivity contribution in [1.29, 1.82) is 0 Å². The predicted molar refractivity (Wildman–Crippen MR) is 72.5 cm³/mol. The molecule has 0 bridgehead atoms. The van der Waals surface area contributed by atoms with E-state index in [1.807, 2.05) is 14.1 Å². The minimum atomic E-state index is -0.199. The molecule has 1 fully saturated rings. The number of ether oxygens (including phenoxy) is 1. The van der Waals surface area contributed by atoms with E-state index in [2.05, 4.69) is 29.4 Å². The van der Waals surface area contributed by atoms with E-state index in [0.717, 1.165) is 19.5 Å². The zero-order valence-corrected chi connectivity index (χ0v) is 12.0. The molecular weight excluding hydrogens is 230 g/mol. The predicted octanol–water partition coefficient (Wildman–Crippen LogP) is 0.0673. The van der Waals surface area contributed by atoms with Crippen LogP contribution in [0.4, 0.5) is 0 Å². The maximum Gasteiger partial charge on any atom is 0.239 e. The number of carbonyl (C=O) groups excluding carboxylic acids is 1. The van der Waals surface area contributed by atoms with Gasteiger partial charge in [-0.2, -0.15) is 0 Å². The molecule has 1 rings (SSSR count). The molecule has 5 heteroatoms. The number of hydrogen-bond acceptors (Lipinski definition) is 4. The molecule has 2 N–H and O–H groups in total. The van der Waals surface area contributed by atoms with E-state index < -0.39 is 0 Å². The highest BCUT2D eigenvalue weighted by molar-refractivity contribution is 5.82. The van der Waals surface area contributed by atoms with Gasteiger partial charge < -0.3 is 20.3 Å². The number of rotatable bonds is 6. The minimum Gasteiger partial charge on any atom is -0.378 e. The third-order valence-corrected chi connectivity index (χ3v) is 2.93. The van der Waals surface area contributed by atoms with Gasteiger partial charge in [0.2, 0.25) is 5.91 Å². The van der Waals surface area contributed by atoms with Crippen LogP contribution in [0.2, 0.25) is 0 Å². The highest BCUT2D eigenvalue weighted by Gasteiger charge is 2.24. The van der Waals surface area contributed by atoms with E-state index >= 15 is 0 Å². The fraction of sp³-hybridized carbons (Fsp3) is 0.923. The quantitative estimate of drug-likeness (QED) is 0.707. The monoisotopic (exact) mass is 257 g/mol. The summed E-state index contributed by atoms with van der Waals surface area (Å²) < 4.78 is 5.31. The lowest BCUT2D eigenvalue weighted by atomic mass is 10.0. The molecule has 2 unspecified atom stereocenters. The van der Waals surface area contributed by atoms with E-state index in [-0.39, 0.29) is 18.0 Å². The van der Waals surface area contributed by atoms with Crippen LogP contribution in [0.15, 0.2) is 0 Å². The summed E-state index contributed by atoms with van der Waals surface area (Å²) in [5, 5.41) is 6.31. The summed E-state index contributed by atoms with van der Waals surface area (Å²) in [4.78, 5) is 14.2. The molecule has 0 radical (unpaired) electrons. The summed E-state index contributed by atoms with van der Waals surface area (Å²) in [5.74, 6) is 0.632. The molecule has 106 valence electrons. The van der Waals surface area contributed by atoms with Gasteiger partial charge >= 0.3 is 0 Å². The highest BCUT2D eigenvalue weighted by atomic mass is 16.5. The first-order valence-corrected chi connectivity index (χ1v) is 6.75. The Labute approximate surface area is 110 Å². The number of nitrogens with zero attached hydrogens (tertiary/aromatic N) is 1. The van der Waals surface area contributed by atoms with Gasteiger partial charge in [-0.25, -0.2) is 0 Å². The van der Waals surface area contributed by atoms with Crippen LogP contribution in [0.3, 0.4) is 0 Å². The van der Waals surface area contributed by atoms with Crippen molar-refractivity contribution in [3.05, 3.63) is 0 Å². The Morgan fingerprint density at radius 2 is 2.22 bits per heavy atom. The zero-order valence-electron chi connectivity index (χ0n) is 12.0. The van der Waals surface area contributed by atoms with Crippen LogP contribution in [0.1, 0.15) is 20.3 Å². The lowest BCUT2D eigenvalue weighted by molar-refractivity contribution is -0.126. The van der Waals surface area contributed by atoms with Gasteiger partial charge in [0.05, 0.1) is 13.2 Å². The van der Waals surface area contributed by atoms with Crippen molar-refractivity contribution in [3.63, 3.8) is 0 Å². The molecule has 1 amide bonds. The number of likely N-dealkylation sites (N-methyl/N-ethyl adjacent to an activating group) is 1. The summed E-state index contributed by atoms with van der Waals surface area (Å²) in [6, 6.07) is 0.00630. The fourth-order valence-corrected chi connectivity index (χ4v) is 2.22. The Morgan fingerprint density at radius 1 is 1.50 bits per heavy atom. The van der Waals surface area contributed by atoms with Crippen molar-refractivity contribution in [2.45, 2.75) is 32.4 Å². The molecule has 1 saturated heterocycles. The van der Waals surface area contributed by atoms with Crippen molar-refractivity contribution in [3.8, 4) is 0 Å². The second-order valence-corrected chi connectivity index (χ2v) is 5.68. The van der Waals surface area contributed by atoms with Crippen molar-refractivity contribution in [2.24, 2.45) is 5.92 Å². The number of hydrogen-bond donors (Lipinski definition) is 2. The van der Waals surface area contributed by atoms with Gasteiger partial charge in [-0.1, -0.05) is 13.8 Å². The van der Waals surface area contributed by atoms with Crippen molar-refractivity contribution >= 4 is 5.91 Å². The SMILES string of the molecule is CC(C)CC(CN(C)C)NC(=O)C1COCCN1. The van der Waals surface area contributed by atoms with E-state index in [0.29, 0.717) is 19.1 Å². The third kappa shape index (κ3) is 5.80. The van der Waals surface area contributed by atoms with Gasteiger partial charge in [0.15, 0.2) is 0 Å². The zero-order chi connectivity index (χ0) is 13.5. The first-order chi connectivity index (χ1) is 8.49. The molecule has 18 heavy (non-hydrogen) atoms. The molecular formula is C13H27N3O2. The van der Waals surface area contributed by atoms with Crippen molar-refractivity contribution < 1.29 is 9.53 Å². The smallest absolute Gasteiger partial charge is 0.239 e. The molecule has 0 aliphatic carbocycles. The van der Waals surface area contributed by atoms with Crippen LogP contribution in [-0.2, 0) is 9.53 Å². The summed E-state index contributed by atoms with van der Waals surface area (Å²) >= 11 is 0.